The smallest absolute Gasteiger partial charge is 0.315 e. The molecular formula is C18H21ClN2O2. The molecule has 5 heteroatoms. The van der Waals surface area contributed by atoms with Crippen LogP contribution in [0.15, 0.2) is 42.5 Å². The molecule has 0 bridgehead atoms. The topological polar surface area (TPSA) is 50.4 Å². The summed E-state index contributed by atoms with van der Waals surface area (Å²) in [5.74, 6) is 0.633. The molecule has 2 amide bonds. The van der Waals surface area contributed by atoms with Crippen LogP contribution in [0.4, 0.5) is 4.79 Å². The second kappa shape index (κ2) is 8.44. The van der Waals surface area contributed by atoms with Gasteiger partial charge in [0, 0.05) is 6.54 Å². The van der Waals surface area contributed by atoms with Gasteiger partial charge in [-0.3, -0.25) is 0 Å². The van der Waals surface area contributed by atoms with E-state index in [4.69, 9.17) is 16.3 Å². The van der Waals surface area contributed by atoms with Crippen LogP contribution in [0.5, 0.6) is 5.75 Å². The average molecular weight is 333 g/mol. The van der Waals surface area contributed by atoms with E-state index in [2.05, 4.69) is 10.6 Å². The molecule has 2 aromatic rings. The van der Waals surface area contributed by atoms with Gasteiger partial charge < -0.3 is 15.4 Å². The van der Waals surface area contributed by atoms with Gasteiger partial charge >= 0.3 is 6.03 Å². The van der Waals surface area contributed by atoms with Crippen molar-refractivity contribution in [2.45, 2.75) is 20.4 Å². The van der Waals surface area contributed by atoms with E-state index >= 15 is 0 Å². The first-order valence-corrected chi connectivity index (χ1v) is 7.88. The standard InChI is InChI=1S/C18H21ClN2O2/c1-13-4-3-5-15(10-13)12-21-18(22)20-8-9-23-17-11-14(2)6-7-16(17)19/h3-7,10-11H,8-9,12H2,1-2H3,(H2,20,21,22). The lowest BCUT2D eigenvalue weighted by atomic mass is 10.1. The van der Waals surface area contributed by atoms with Crippen molar-refractivity contribution in [1.82, 2.24) is 10.6 Å². The summed E-state index contributed by atoms with van der Waals surface area (Å²) in [6, 6.07) is 13.4. The molecule has 0 saturated heterocycles. The number of benzene rings is 2. The first-order valence-electron chi connectivity index (χ1n) is 7.51. The van der Waals surface area contributed by atoms with Crippen molar-refractivity contribution >= 4 is 17.6 Å². The van der Waals surface area contributed by atoms with Gasteiger partial charge in [0.2, 0.25) is 0 Å². The van der Waals surface area contributed by atoms with Crippen LogP contribution in [0.25, 0.3) is 0 Å². The number of hydrogen-bond acceptors (Lipinski definition) is 2. The molecule has 0 aliphatic heterocycles. The van der Waals surface area contributed by atoms with Gasteiger partial charge in [-0.05, 0) is 37.1 Å². The van der Waals surface area contributed by atoms with E-state index in [1.165, 1.54) is 5.56 Å². The summed E-state index contributed by atoms with van der Waals surface area (Å²) < 4.78 is 5.57. The zero-order valence-corrected chi connectivity index (χ0v) is 14.1. The van der Waals surface area contributed by atoms with Gasteiger partial charge in [0.15, 0.2) is 0 Å². The Labute approximate surface area is 141 Å². The van der Waals surface area contributed by atoms with Gasteiger partial charge in [0.25, 0.3) is 0 Å². The van der Waals surface area contributed by atoms with Gasteiger partial charge in [0.1, 0.15) is 12.4 Å². The van der Waals surface area contributed by atoms with Crippen LogP contribution in [-0.4, -0.2) is 19.2 Å². The fraction of sp³-hybridized carbons (Fsp3) is 0.278. The molecule has 0 aromatic heterocycles. The van der Waals surface area contributed by atoms with Crippen LogP contribution in [0.3, 0.4) is 0 Å². The lowest BCUT2D eigenvalue weighted by Crippen LogP contribution is -2.37. The second-order valence-electron chi connectivity index (χ2n) is 5.38. The fourth-order valence-electron chi connectivity index (χ4n) is 2.11. The molecule has 0 atom stereocenters. The molecule has 23 heavy (non-hydrogen) atoms. The van der Waals surface area contributed by atoms with Crippen molar-refractivity contribution in [3.63, 3.8) is 0 Å². The van der Waals surface area contributed by atoms with Gasteiger partial charge in [-0.25, -0.2) is 4.79 Å². The van der Waals surface area contributed by atoms with Gasteiger partial charge in [-0.15, -0.1) is 0 Å². The lowest BCUT2D eigenvalue weighted by Gasteiger charge is -2.11. The quantitative estimate of drug-likeness (QED) is 0.790. The molecule has 0 fully saturated rings. The average Bonchev–Trinajstić information content (AvgIpc) is 2.53. The number of carbonyl (C=O) groups excluding carboxylic acids is 1. The molecule has 4 nitrogen and oxygen atoms in total. The molecule has 2 rings (SSSR count). The maximum absolute atomic E-state index is 11.7. The lowest BCUT2D eigenvalue weighted by molar-refractivity contribution is 0.236. The zero-order chi connectivity index (χ0) is 16.7. The van der Waals surface area contributed by atoms with Crippen LogP contribution in [0.1, 0.15) is 16.7 Å². The molecule has 0 spiro atoms. The number of nitrogens with one attached hydrogen (secondary N) is 2. The summed E-state index contributed by atoms with van der Waals surface area (Å²) in [4.78, 5) is 11.7. The molecule has 2 aromatic carbocycles. The third-order valence-electron chi connectivity index (χ3n) is 3.27. The number of carbonyl (C=O) groups is 1. The zero-order valence-electron chi connectivity index (χ0n) is 13.4. The van der Waals surface area contributed by atoms with Crippen LogP contribution >= 0.6 is 11.6 Å². The number of ether oxygens (including phenoxy) is 1. The molecule has 2 N–H and O–H groups in total. The summed E-state index contributed by atoms with van der Waals surface area (Å²) in [7, 11) is 0. The summed E-state index contributed by atoms with van der Waals surface area (Å²) >= 11 is 6.04. The normalized spacial score (nSPS) is 10.2. The Balaban J connectivity index is 1.68. The van der Waals surface area contributed by atoms with Gasteiger partial charge in [0.05, 0.1) is 11.6 Å². The minimum Gasteiger partial charge on any atom is -0.490 e. The highest BCUT2D eigenvalue weighted by Gasteiger charge is 2.03. The Hall–Kier alpha value is -2.20. The highest BCUT2D eigenvalue weighted by Crippen LogP contribution is 2.24. The molecule has 0 heterocycles. The van der Waals surface area contributed by atoms with Crippen LogP contribution < -0.4 is 15.4 Å². The van der Waals surface area contributed by atoms with Crippen LogP contribution in [-0.2, 0) is 6.54 Å². The molecule has 0 aliphatic carbocycles. The maximum atomic E-state index is 11.7. The summed E-state index contributed by atoms with van der Waals surface area (Å²) in [5, 5.41) is 6.14. The van der Waals surface area contributed by atoms with E-state index in [0.29, 0.717) is 30.5 Å². The summed E-state index contributed by atoms with van der Waals surface area (Å²) in [5.41, 5.74) is 3.32. The predicted octanol–water partition coefficient (Wildman–Crippen LogP) is 3.84. The maximum Gasteiger partial charge on any atom is 0.315 e. The number of rotatable bonds is 6. The predicted molar refractivity (Wildman–Crippen MR) is 93.1 cm³/mol. The van der Waals surface area contributed by atoms with E-state index in [0.717, 1.165) is 11.1 Å². The van der Waals surface area contributed by atoms with E-state index in [1.807, 2.05) is 50.2 Å². The van der Waals surface area contributed by atoms with Crippen molar-refractivity contribution in [3.05, 3.63) is 64.2 Å². The van der Waals surface area contributed by atoms with Crippen LogP contribution in [0.2, 0.25) is 5.02 Å². The van der Waals surface area contributed by atoms with Crippen molar-refractivity contribution < 1.29 is 9.53 Å². The first-order chi connectivity index (χ1) is 11.0. The molecule has 122 valence electrons. The molecule has 0 radical (unpaired) electrons. The highest BCUT2D eigenvalue weighted by molar-refractivity contribution is 6.32. The summed E-state index contributed by atoms with van der Waals surface area (Å²) in [6.07, 6.45) is 0. The molecule has 0 unspecified atom stereocenters. The SMILES string of the molecule is Cc1cccc(CNC(=O)NCCOc2cc(C)ccc2Cl)c1. The number of hydrogen-bond donors (Lipinski definition) is 2. The van der Waals surface area contributed by atoms with E-state index in [1.54, 1.807) is 6.07 Å². The second-order valence-corrected chi connectivity index (χ2v) is 5.79. The molecular weight excluding hydrogens is 312 g/mol. The van der Waals surface area contributed by atoms with Crippen molar-refractivity contribution in [2.75, 3.05) is 13.2 Å². The Morgan fingerprint density at radius 2 is 1.87 bits per heavy atom. The highest BCUT2D eigenvalue weighted by atomic mass is 35.5. The minimum absolute atomic E-state index is 0.217. The Morgan fingerprint density at radius 3 is 2.65 bits per heavy atom. The van der Waals surface area contributed by atoms with Gasteiger partial charge in [-0.2, -0.15) is 0 Å². The van der Waals surface area contributed by atoms with Gasteiger partial charge in [-0.1, -0.05) is 47.5 Å². The third-order valence-corrected chi connectivity index (χ3v) is 3.58. The minimum atomic E-state index is -0.217. The third kappa shape index (κ3) is 5.83. The Kier molecular flexibility index (Phi) is 6.29. The fourth-order valence-corrected chi connectivity index (χ4v) is 2.29. The Morgan fingerprint density at radius 1 is 1.09 bits per heavy atom. The number of urea groups is 1. The number of amides is 2. The summed E-state index contributed by atoms with van der Waals surface area (Å²) in [6.45, 7) is 5.26. The Bertz CT molecular complexity index is 674. The van der Waals surface area contributed by atoms with Crippen molar-refractivity contribution in [1.29, 1.82) is 0 Å². The van der Waals surface area contributed by atoms with Crippen LogP contribution in [0, 0.1) is 13.8 Å². The molecule has 0 saturated carbocycles. The largest absolute Gasteiger partial charge is 0.490 e. The van der Waals surface area contributed by atoms with Crippen molar-refractivity contribution in [2.24, 2.45) is 0 Å². The number of aryl methyl sites for hydroxylation is 2. The molecule has 0 aliphatic rings. The van der Waals surface area contributed by atoms with Crippen molar-refractivity contribution in [3.8, 4) is 5.75 Å². The van der Waals surface area contributed by atoms with E-state index in [-0.39, 0.29) is 6.03 Å². The monoisotopic (exact) mass is 332 g/mol. The number of halogens is 1. The van der Waals surface area contributed by atoms with E-state index < -0.39 is 0 Å². The first kappa shape index (κ1) is 17.2. The van der Waals surface area contributed by atoms with E-state index in [9.17, 15) is 4.79 Å².